The van der Waals surface area contributed by atoms with E-state index in [9.17, 15) is 4.79 Å². The quantitative estimate of drug-likeness (QED) is 0.671. The molecular weight excluding hydrogens is 322 g/mol. The van der Waals surface area contributed by atoms with Crippen LogP contribution in [-0.2, 0) is 11.2 Å². The number of aromatic nitrogens is 2. The van der Waals surface area contributed by atoms with Crippen LogP contribution in [0.4, 0.5) is 0 Å². The number of likely N-dealkylation sites (N-methyl/N-ethyl adjacent to an activating group) is 1. The van der Waals surface area contributed by atoms with Crippen LogP contribution in [0.15, 0.2) is 73.1 Å². The first kappa shape index (κ1) is 16.3. The van der Waals surface area contributed by atoms with Gasteiger partial charge in [-0.05, 0) is 42.2 Å². The smallest absolute Gasteiger partial charge is 0.246 e. The van der Waals surface area contributed by atoms with Gasteiger partial charge in [0, 0.05) is 24.9 Å². The third-order valence-corrected chi connectivity index (χ3v) is 4.96. The van der Waals surface area contributed by atoms with E-state index in [0.717, 1.165) is 24.1 Å². The topological polar surface area (TPSA) is 38.1 Å². The Morgan fingerprint density at radius 1 is 1.15 bits per heavy atom. The van der Waals surface area contributed by atoms with Gasteiger partial charge in [-0.3, -0.25) is 4.79 Å². The molecule has 1 amide bonds. The van der Waals surface area contributed by atoms with E-state index in [1.54, 1.807) is 17.0 Å². The first-order chi connectivity index (χ1) is 12.7. The van der Waals surface area contributed by atoms with Crippen molar-refractivity contribution in [3.8, 4) is 5.69 Å². The van der Waals surface area contributed by atoms with Crippen molar-refractivity contribution in [2.24, 2.45) is 0 Å². The van der Waals surface area contributed by atoms with Gasteiger partial charge in [-0.15, -0.1) is 0 Å². The van der Waals surface area contributed by atoms with Crippen molar-refractivity contribution in [1.29, 1.82) is 0 Å². The lowest BCUT2D eigenvalue weighted by atomic mass is 10.1. The normalized spacial score (nSPS) is 16.0. The molecule has 4 heteroatoms. The van der Waals surface area contributed by atoms with Gasteiger partial charge in [0.1, 0.15) is 0 Å². The number of aryl methyl sites for hydroxylation is 1. The molecule has 0 fully saturated rings. The van der Waals surface area contributed by atoms with Gasteiger partial charge >= 0.3 is 0 Å². The monoisotopic (exact) mass is 343 g/mol. The number of para-hydroxylation sites is 1. The highest BCUT2D eigenvalue weighted by molar-refractivity contribution is 5.91. The second-order valence-electron chi connectivity index (χ2n) is 6.59. The number of fused-ring (bicyclic) bond motifs is 1. The van der Waals surface area contributed by atoms with Crippen molar-refractivity contribution in [3.05, 3.63) is 89.8 Å². The number of benzene rings is 2. The molecule has 4 nitrogen and oxygen atoms in total. The summed E-state index contributed by atoms with van der Waals surface area (Å²) in [6, 6.07) is 18.5. The molecule has 1 heterocycles. The number of carbonyl (C=O) groups is 1. The molecule has 4 rings (SSSR count). The van der Waals surface area contributed by atoms with Crippen LogP contribution in [0.25, 0.3) is 11.8 Å². The van der Waals surface area contributed by atoms with Crippen molar-refractivity contribution < 1.29 is 4.79 Å². The lowest BCUT2D eigenvalue weighted by molar-refractivity contribution is -0.126. The molecule has 0 bridgehead atoms. The van der Waals surface area contributed by atoms with E-state index < -0.39 is 0 Å². The van der Waals surface area contributed by atoms with Gasteiger partial charge in [0.25, 0.3) is 0 Å². The number of hydrogen-bond donors (Lipinski definition) is 0. The van der Waals surface area contributed by atoms with Crippen molar-refractivity contribution in [2.75, 3.05) is 7.05 Å². The second kappa shape index (κ2) is 7.00. The van der Waals surface area contributed by atoms with Gasteiger partial charge in [-0.1, -0.05) is 42.5 Å². The zero-order valence-electron chi connectivity index (χ0n) is 14.7. The zero-order valence-corrected chi connectivity index (χ0v) is 14.7. The standard InChI is InChI=1S/C22H21N3O/c1-24(21-13-12-18-7-5-6-10-20(18)21)22(26)14-11-17-15-23-25(16-17)19-8-3-2-4-9-19/h2-11,14-16,21H,12-13H2,1H3/b14-11-/t21-/m0/s1. The molecule has 0 spiro atoms. The fraction of sp³-hybridized carbons (Fsp3) is 0.182. The Hall–Kier alpha value is -3.14. The minimum absolute atomic E-state index is 0.0131. The number of rotatable bonds is 4. The maximum absolute atomic E-state index is 12.6. The van der Waals surface area contributed by atoms with E-state index >= 15 is 0 Å². The van der Waals surface area contributed by atoms with E-state index in [0.29, 0.717) is 0 Å². The molecule has 26 heavy (non-hydrogen) atoms. The molecule has 0 unspecified atom stereocenters. The van der Waals surface area contributed by atoms with Crippen molar-refractivity contribution >= 4 is 12.0 Å². The molecule has 0 saturated heterocycles. The maximum atomic E-state index is 12.6. The summed E-state index contributed by atoms with van der Waals surface area (Å²) in [7, 11) is 1.88. The van der Waals surface area contributed by atoms with Crippen LogP contribution in [0.5, 0.6) is 0 Å². The van der Waals surface area contributed by atoms with Gasteiger partial charge in [-0.25, -0.2) is 4.68 Å². The van der Waals surface area contributed by atoms with Gasteiger partial charge in [0.2, 0.25) is 5.91 Å². The van der Waals surface area contributed by atoms with Crippen molar-refractivity contribution in [1.82, 2.24) is 14.7 Å². The SMILES string of the molecule is CN(C(=O)/C=C\c1cnn(-c2ccccc2)c1)[C@H]1CCc2ccccc21. The summed E-state index contributed by atoms with van der Waals surface area (Å²) in [6.07, 6.45) is 9.17. The predicted molar refractivity (Wildman–Crippen MR) is 103 cm³/mol. The van der Waals surface area contributed by atoms with Crippen LogP contribution in [-0.4, -0.2) is 27.6 Å². The highest BCUT2D eigenvalue weighted by Crippen LogP contribution is 2.34. The number of nitrogens with zero attached hydrogens (tertiary/aromatic N) is 3. The van der Waals surface area contributed by atoms with E-state index in [2.05, 4.69) is 23.3 Å². The molecule has 0 saturated carbocycles. The van der Waals surface area contributed by atoms with Crippen LogP contribution < -0.4 is 0 Å². The Morgan fingerprint density at radius 3 is 2.77 bits per heavy atom. The fourth-order valence-corrected chi connectivity index (χ4v) is 3.52. The molecule has 2 aromatic carbocycles. The van der Waals surface area contributed by atoms with Crippen molar-refractivity contribution in [3.63, 3.8) is 0 Å². The molecule has 130 valence electrons. The van der Waals surface area contributed by atoms with Gasteiger partial charge in [0.15, 0.2) is 0 Å². The second-order valence-corrected chi connectivity index (χ2v) is 6.59. The summed E-state index contributed by atoms with van der Waals surface area (Å²) in [4.78, 5) is 14.4. The van der Waals surface area contributed by atoms with E-state index in [4.69, 9.17) is 0 Å². The van der Waals surface area contributed by atoms with Gasteiger partial charge < -0.3 is 4.90 Å². The molecule has 1 atom stereocenters. The summed E-state index contributed by atoms with van der Waals surface area (Å²) in [6.45, 7) is 0. The highest BCUT2D eigenvalue weighted by atomic mass is 16.2. The Bertz CT molecular complexity index is 943. The molecule has 0 radical (unpaired) electrons. The predicted octanol–water partition coefficient (Wildman–Crippen LogP) is 4.03. The van der Waals surface area contributed by atoms with Crippen LogP contribution >= 0.6 is 0 Å². The first-order valence-electron chi connectivity index (χ1n) is 8.85. The summed E-state index contributed by atoms with van der Waals surface area (Å²) in [5.74, 6) is 0.0131. The summed E-state index contributed by atoms with van der Waals surface area (Å²) < 4.78 is 1.81. The Labute approximate surface area is 153 Å². The van der Waals surface area contributed by atoms with Crippen LogP contribution in [0, 0.1) is 0 Å². The Morgan fingerprint density at radius 2 is 1.92 bits per heavy atom. The highest BCUT2D eigenvalue weighted by Gasteiger charge is 2.27. The Balaban J connectivity index is 1.46. The van der Waals surface area contributed by atoms with Gasteiger partial charge in [0.05, 0.1) is 17.9 Å². The van der Waals surface area contributed by atoms with Gasteiger partial charge in [-0.2, -0.15) is 5.10 Å². The molecule has 0 N–H and O–H groups in total. The summed E-state index contributed by atoms with van der Waals surface area (Å²) in [5, 5.41) is 4.36. The molecule has 3 aromatic rings. The lowest BCUT2D eigenvalue weighted by Crippen LogP contribution is -2.28. The Kier molecular flexibility index (Phi) is 4.40. The number of amides is 1. The molecule has 1 aliphatic rings. The average molecular weight is 343 g/mol. The third-order valence-electron chi connectivity index (χ3n) is 4.96. The zero-order chi connectivity index (χ0) is 17.9. The van der Waals surface area contributed by atoms with E-state index in [-0.39, 0.29) is 11.9 Å². The van der Waals surface area contributed by atoms with Crippen molar-refractivity contribution in [2.45, 2.75) is 18.9 Å². The van der Waals surface area contributed by atoms with Crippen LogP contribution in [0.1, 0.15) is 29.2 Å². The first-order valence-corrected chi connectivity index (χ1v) is 8.85. The minimum atomic E-state index is 0.0131. The largest absolute Gasteiger partial charge is 0.335 e. The average Bonchev–Trinajstić information content (AvgIpc) is 3.33. The third kappa shape index (κ3) is 3.18. The van der Waals surface area contributed by atoms with E-state index in [1.807, 2.05) is 60.6 Å². The van der Waals surface area contributed by atoms with E-state index in [1.165, 1.54) is 11.1 Å². The molecular formula is C22H21N3O. The maximum Gasteiger partial charge on any atom is 0.246 e. The minimum Gasteiger partial charge on any atom is -0.335 e. The lowest BCUT2D eigenvalue weighted by Gasteiger charge is -2.24. The molecule has 0 aliphatic heterocycles. The molecule has 1 aromatic heterocycles. The molecule has 1 aliphatic carbocycles. The van der Waals surface area contributed by atoms with Crippen LogP contribution in [0.3, 0.4) is 0 Å². The number of carbonyl (C=O) groups excluding carboxylic acids is 1. The summed E-state index contributed by atoms with van der Waals surface area (Å²) in [5.41, 5.74) is 4.53. The summed E-state index contributed by atoms with van der Waals surface area (Å²) >= 11 is 0. The van der Waals surface area contributed by atoms with Crippen LogP contribution in [0.2, 0.25) is 0 Å². The number of hydrogen-bond acceptors (Lipinski definition) is 2. The fourth-order valence-electron chi connectivity index (χ4n) is 3.52.